The second-order valence-corrected chi connectivity index (χ2v) is 8.99. The van der Waals surface area contributed by atoms with Gasteiger partial charge in [-0.25, -0.2) is 4.79 Å². The molecule has 2 heterocycles. The van der Waals surface area contributed by atoms with Crippen molar-refractivity contribution in [2.45, 2.75) is 39.3 Å². The van der Waals surface area contributed by atoms with Gasteiger partial charge in [0.2, 0.25) is 11.8 Å². The molecular weight excluding hydrogens is 462 g/mol. The molecule has 10 nitrogen and oxygen atoms in total. The number of aromatic nitrogens is 3. The molecule has 2 aromatic carbocycles. The minimum absolute atomic E-state index is 0.113. The number of rotatable bonds is 9. The molecule has 2 atom stereocenters. The first-order valence-electron chi connectivity index (χ1n) is 11.7. The first-order valence-corrected chi connectivity index (χ1v) is 11.7. The molecule has 188 valence electrons. The third-order valence-corrected chi connectivity index (χ3v) is 5.76. The maximum absolute atomic E-state index is 13.1. The Morgan fingerprint density at radius 2 is 1.72 bits per heavy atom. The lowest BCUT2D eigenvalue weighted by Gasteiger charge is -2.21. The molecule has 0 aliphatic heterocycles. The van der Waals surface area contributed by atoms with E-state index < -0.39 is 29.9 Å². The van der Waals surface area contributed by atoms with E-state index in [-0.39, 0.29) is 11.8 Å². The lowest BCUT2D eigenvalue weighted by atomic mass is 10.0. The van der Waals surface area contributed by atoms with Crippen molar-refractivity contribution >= 4 is 39.6 Å². The Morgan fingerprint density at radius 3 is 2.47 bits per heavy atom. The molecule has 2 amide bonds. The fraction of sp³-hybridized carbons (Fsp3) is 0.308. The van der Waals surface area contributed by atoms with Crippen LogP contribution in [0.25, 0.3) is 21.8 Å². The number of nitrogens with one attached hydrogen (secondary N) is 4. The Bertz CT molecular complexity index is 1410. The molecule has 0 bridgehead atoms. The molecule has 0 saturated carbocycles. The zero-order valence-corrected chi connectivity index (χ0v) is 20.5. The summed E-state index contributed by atoms with van der Waals surface area (Å²) in [7, 11) is 1.56. The van der Waals surface area contributed by atoms with Gasteiger partial charge in [0.25, 0.3) is 5.91 Å². The van der Waals surface area contributed by atoms with Crippen LogP contribution in [0.3, 0.4) is 0 Å². The first kappa shape index (κ1) is 24.8. The number of benzene rings is 2. The van der Waals surface area contributed by atoms with Gasteiger partial charge < -0.3 is 25.1 Å². The van der Waals surface area contributed by atoms with Crippen molar-refractivity contribution in [2.24, 2.45) is 5.92 Å². The number of carbonyl (C=O) groups is 3. The minimum Gasteiger partial charge on any atom is -0.496 e. The number of ether oxygens (including phenoxy) is 2. The van der Waals surface area contributed by atoms with Crippen LogP contribution in [0, 0.1) is 5.92 Å². The van der Waals surface area contributed by atoms with Gasteiger partial charge in [0, 0.05) is 10.9 Å². The van der Waals surface area contributed by atoms with Crippen LogP contribution in [-0.4, -0.2) is 52.2 Å². The van der Waals surface area contributed by atoms with Crippen molar-refractivity contribution in [3.05, 3.63) is 54.2 Å². The van der Waals surface area contributed by atoms with E-state index in [1.54, 1.807) is 25.3 Å². The van der Waals surface area contributed by atoms with Crippen LogP contribution >= 0.6 is 0 Å². The van der Waals surface area contributed by atoms with Gasteiger partial charge in [0.15, 0.2) is 0 Å². The molecule has 0 aliphatic carbocycles. The third-order valence-electron chi connectivity index (χ3n) is 5.76. The highest BCUT2D eigenvalue weighted by Gasteiger charge is 2.27. The van der Waals surface area contributed by atoms with E-state index in [1.807, 2.05) is 44.2 Å². The molecule has 4 N–H and O–H groups in total. The predicted molar refractivity (Wildman–Crippen MR) is 135 cm³/mol. The molecule has 2 aromatic heterocycles. The average Bonchev–Trinajstić information content (AvgIpc) is 3.47. The van der Waals surface area contributed by atoms with Gasteiger partial charge in [0.05, 0.1) is 18.0 Å². The molecule has 10 heteroatoms. The van der Waals surface area contributed by atoms with Crippen LogP contribution in [0.1, 0.15) is 37.7 Å². The van der Waals surface area contributed by atoms with E-state index in [2.05, 4.69) is 25.8 Å². The molecule has 1 unspecified atom stereocenters. The minimum atomic E-state index is -0.961. The maximum atomic E-state index is 13.1. The number of nitrogens with zero attached hydrogens (tertiary/aromatic N) is 1. The highest BCUT2D eigenvalue weighted by Crippen LogP contribution is 2.26. The van der Waals surface area contributed by atoms with Crippen LogP contribution in [0.2, 0.25) is 0 Å². The van der Waals surface area contributed by atoms with Crippen molar-refractivity contribution in [3.63, 3.8) is 0 Å². The zero-order valence-electron chi connectivity index (χ0n) is 20.5. The Hall–Kier alpha value is -4.34. The fourth-order valence-corrected chi connectivity index (χ4v) is 3.94. The number of para-hydroxylation sites is 1. The summed E-state index contributed by atoms with van der Waals surface area (Å²) in [5.41, 5.74) is 1.77. The molecular formula is C26H29N5O5. The van der Waals surface area contributed by atoms with Gasteiger partial charge in [-0.2, -0.15) is 0 Å². The first-order chi connectivity index (χ1) is 17.3. The number of hydrogen-bond acceptors (Lipinski definition) is 6. The van der Waals surface area contributed by atoms with Gasteiger partial charge in [-0.15, -0.1) is 5.10 Å². The summed E-state index contributed by atoms with van der Waals surface area (Å²) in [6.07, 6.45) is 0.382. The smallest absolute Gasteiger partial charge is 0.335 e. The lowest BCUT2D eigenvalue weighted by Crippen LogP contribution is -2.52. The molecule has 0 radical (unpaired) electrons. The second kappa shape index (κ2) is 10.5. The van der Waals surface area contributed by atoms with E-state index in [0.717, 1.165) is 16.4 Å². The highest BCUT2D eigenvalue weighted by molar-refractivity contribution is 6.01. The van der Waals surface area contributed by atoms with E-state index in [9.17, 15) is 14.4 Å². The lowest BCUT2D eigenvalue weighted by molar-refractivity contribution is -0.139. The highest BCUT2D eigenvalue weighted by atomic mass is 16.5. The Kier molecular flexibility index (Phi) is 7.23. The number of fused-ring (bicyclic) bond motifs is 2. The van der Waals surface area contributed by atoms with Crippen LogP contribution in [0.4, 0.5) is 0 Å². The molecule has 4 rings (SSSR count). The molecule has 0 fully saturated rings. The normalized spacial score (nSPS) is 12.9. The van der Waals surface area contributed by atoms with Gasteiger partial charge in [-0.05, 0) is 49.6 Å². The van der Waals surface area contributed by atoms with Gasteiger partial charge in [-0.3, -0.25) is 14.7 Å². The van der Waals surface area contributed by atoms with Gasteiger partial charge >= 0.3 is 5.97 Å². The Balaban J connectivity index is 1.43. The topological polar surface area (TPSA) is 138 Å². The summed E-state index contributed by atoms with van der Waals surface area (Å²) in [4.78, 5) is 41.8. The van der Waals surface area contributed by atoms with Crippen LogP contribution in [-0.2, 0) is 9.59 Å². The molecule has 4 aromatic rings. The summed E-state index contributed by atoms with van der Waals surface area (Å²) in [5, 5.41) is 13.7. The quantitative estimate of drug-likeness (QED) is 0.265. The Morgan fingerprint density at radius 1 is 0.972 bits per heavy atom. The number of H-pyrrole nitrogens is 2. The summed E-state index contributed by atoms with van der Waals surface area (Å²) in [5.74, 6) is -0.705. The van der Waals surface area contributed by atoms with Crippen molar-refractivity contribution in [3.8, 4) is 11.6 Å². The van der Waals surface area contributed by atoms with Crippen LogP contribution in [0.5, 0.6) is 11.6 Å². The van der Waals surface area contributed by atoms with E-state index in [4.69, 9.17) is 9.47 Å². The number of methoxy groups -OCH3 is 1. The second-order valence-electron chi connectivity index (χ2n) is 8.99. The summed E-state index contributed by atoms with van der Waals surface area (Å²) < 4.78 is 10.8. The molecule has 0 spiro atoms. The monoisotopic (exact) mass is 491 g/mol. The van der Waals surface area contributed by atoms with Crippen molar-refractivity contribution in [1.82, 2.24) is 25.8 Å². The third kappa shape index (κ3) is 5.32. The molecule has 0 saturated heterocycles. The zero-order chi connectivity index (χ0) is 25.8. The maximum Gasteiger partial charge on any atom is 0.335 e. The van der Waals surface area contributed by atoms with Gasteiger partial charge in [0.1, 0.15) is 23.5 Å². The van der Waals surface area contributed by atoms with Crippen molar-refractivity contribution in [2.75, 3.05) is 7.11 Å². The number of aromatic amines is 2. The summed E-state index contributed by atoms with van der Waals surface area (Å²) in [6.45, 7) is 5.41. The number of amides is 2. The van der Waals surface area contributed by atoms with Crippen molar-refractivity contribution in [1.29, 1.82) is 0 Å². The standard InChI is InChI=1S/C26H29N5O5/c1-14(2)12-20(29-24(33)21-13-17-18(28-21)10-7-11-22(17)35-4)23(32)27-15(3)26(34)36-25-16-8-5-6-9-19(16)30-31-25/h5-11,13-15,20,28H,12H2,1-4H3,(H,27,32)(H,29,33)(H,30,31)/t15?,20-/m0/s1. The van der Waals surface area contributed by atoms with Crippen LogP contribution in [0.15, 0.2) is 48.5 Å². The molecule has 0 aliphatic rings. The van der Waals surface area contributed by atoms with Crippen LogP contribution < -0.4 is 20.1 Å². The molecule has 36 heavy (non-hydrogen) atoms. The SMILES string of the molecule is COc1cccc2[nH]c(C(=O)N[C@@H](CC(C)C)C(=O)NC(C)C(=O)Oc3n[nH]c4ccccc34)cc12. The van der Waals surface area contributed by atoms with E-state index >= 15 is 0 Å². The Labute approximate surface area is 207 Å². The van der Waals surface area contributed by atoms with Crippen molar-refractivity contribution < 1.29 is 23.9 Å². The van der Waals surface area contributed by atoms with E-state index in [1.165, 1.54) is 6.92 Å². The number of carbonyl (C=O) groups excluding carboxylic acids is 3. The van der Waals surface area contributed by atoms with Gasteiger partial charge in [-0.1, -0.05) is 32.0 Å². The average molecular weight is 492 g/mol. The predicted octanol–water partition coefficient (Wildman–Crippen LogP) is 3.31. The largest absolute Gasteiger partial charge is 0.496 e. The number of esters is 1. The number of hydrogen-bond donors (Lipinski definition) is 4. The fourth-order valence-electron chi connectivity index (χ4n) is 3.94. The summed E-state index contributed by atoms with van der Waals surface area (Å²) >= 11 is 0. The van der Waals surface area contributed by atoms with E-state index in [0.29, 0.717) is 23.3 Å². The summed E-state index contributed by atoms with van der Waals surface area (Å²) in [6, 6.07) is 12.6.